The number of ether oxygens (including phenoxy) is 1. The van der Waals surface area contributed by atoms with Crippen molar-refractivity contribution in [2.24, 2.45) is 0 Å². The van der Waals surface area contributed by atoms with E-state index in [-0.39, 0.29) is 0 Å². The summed E-state index contributed by atoms with van der Waals surface area (Å²) >= 11 is 0. The van der Waals surface area contributed by atoms with E-state index >= 15 is 0 Å². The molecule has 1 rings (SSSR count). The van der Waals surface area contributed by atoms with Crippen molar-refractivity contribution in [3.63, 3.8) is 0 Å². The summed E-state index contributed by atoms with van der Waals surface area (Å²) in [5.41, 5.74) is 0. The fourth-order valence-electron chi connectivity index (χ4n) is 0.489. The summed E-state index contributed by atoms with van der Waals surface area (Å²) in [5, 5.41) is 0. The Balaban J connectivity index is 2.83. The average molecular weight is 105 g/mol. The Morgan fingerprint density at radius 1 is 1.12 bits per heavy atom. The lowest BCUT2D eigenvalue weighted by atomic mass is 10.3. The van der Waals surface area contributed by atoms with Crippen LogP contribution in [0.25, 0.3) is 0 Å². The third kappa shape index (κ3) is 0.997. The van der Waals surface area contributed by atoms with Crippen molar-refractivity contribution in [2.45, 2.75) is 0 Å². The zero-order valence-corrected chi connectivity index (χ0v) is 4.29. The summed E-state index contributed by atoms with van der Waals surface area (Å²) in [6, 6.07) is 8.98. The highest BCUT2D eigenvalue weighted by Gasteiger charge is 1.81. The zero-order chi connectivity index (χ0) is 5.82. The van der Waals surface area contributed by atoms with Crippen LogP contribution < -0.4 is 4.74 Å². The fraction of sp³-hybridized carbons (Fsp3) is 0. The van der Waals surface area contributed by atoms with Gasteiger partial charge in [-0.25, -0.2) is 0 Å². The highest BCUT2D eigenvalue weighted by atomic mass is 16.5. The summed E-state index contributed by atoms with van der Waals surface area (Å²) in [5.74, 6) is 0.576. The molecular formula is C7H5O. The lowest BCUT2D eigenvalue weighted by molar-refractivity contribution is 0.473. The SMILES string of the molecule is [C]Oc1ccccc1. The molecule has 1 aromatic carbocycles. The van der Waals surface area contributed by atoms with Crippen molar-refractivity contribution >= 4 is 0 Å². The van der Waals surface area contributed by atoms with E-state index in [2.05, 4.69) is 4.74 Å². The van der Waals surface area contributed by atoms with Crippen LogP contribution in [0, 0.1) is 7.11 Å². The largest absolute Gasteiger partial charge is 0.473 e. The van der Waals surface area contributed by atoms with Gasteiger partial charge in [0, 0.05) is 0 Å². The number of rotatable bonds is 1. The van der Waals surface area contributed by atoms with Crippen LogP contribution in [-0.4, -0.2) is 0 Å². The van der Waals surface area contributed by atoms with Crippen LogP contribution in [0.5, 0.6) is 5.75 Å². The number of benzene rings is 1. The molecule has 0 amide bonds. The van der Waals surface area contributed by atoms with Gasteiger partial charge in [0.2, 0.25) is 0 Å². The van der Waals surface area contributed by atoms with Crippen molar-refractivity contribution in [1.29, 1.82) is 0 Å². The third-order valence-corrected chi connectivity index (χ3v) is 0.861. The Bertz CT molecular complexity index is 146. The molecule has 1 heteroatoms. The molecule has 0 atom stereocenters. The summed E-state index contributed by atoms with van der Waals surface area (Å²) in [4.78, 5) is 0. The number of hydrogen-bond acceptors (Lipinski definition) is 1. The van der Waals surface area contributed by atoms with Crippen LogP contribution in [0.1, 0.15) is 0 Å². The Morgan fingerprint density at radius 3 is 2.12 bits per heavy atom. The van der Waals surface area contributed by atoms with E-state index < -0.39 is 0 Å². The molecule has 8 heavy (non-hydrogen) atoms. The highest BCUT2D eigenvalue weighted by molar-refractivity contribution is 5.20. The molecule has 0 aliphatic carbocycles. The topological polar surface area (TPSA) is 9.23 Å². The van der Waals surface area contributed by atoms with Crippen LogP contribution >= 0.6 is 0 Å². The lowest BCUT2D eigenvalue weighted by Crippen LogP contribution is -1.74. The van der Waals surface area contributed by atoms with Crippen LogP contribution in [0.15, 0.2) is 30.3 Å². The maximum absolute atomic E-state index is 6.44. The third-order valence-electron chi connectivity index (χ3n) is 0.861. The van der Waals surface area contributed by atoms with E-state index in [0.717, 1.165) is 0 Å². The fourth-order valence-corrected chi connectivity index (χ4v) is 0.489. The van der Waals surface area contributed by atoms with E-state index in [1.54, 1.807) is 12.1 Å². The second-order valence-electron chi connectivity index (χ2n) is 1.42. The summed E-state index contributed by atoms with van der Waals surface area (Å²) < 4.78 is 4.16. The predicted molar refractivity (Wildman–Crippen MR) is 30.3 cm³/mol. The minimum absolute atomic E-state index is 0.576. The van der Waals surface area contributed by atoms with Crippen molar-refractivity contribution in [1.82, 2.24) is 0 Å². The molecule has 39 valence electrons. The molecule has 0 unspecified atom stereocenters. The molecule has 0 aliphatic rings. The van der Waals surface area contributed by atoms with Gasteiger partial charge in [0.15, 0.2) is 0 Å². The molecule has 0 aliphatic heterocycles. The first kappa shape index (κ1) is 5.16. The van der Waals surface area contributed by atoms with E-state index in [9.17, 15) is 0 Å². The summed E-state index contributed by atoms with van der Waals surface area (Å²) in [6.45, 7) is 0. The molecule has 0 fully saturated rings. The molecule has 0 aromatic heterocycles. The van der Waals surface area contributed by atoms with Crippen LogP contribution in [0.2, 0.25) is 0 Å². The van der Waals surface area contributed by atoms with E-state index in [1.807, 2.05) is 18.2 Å². The lowest BCUT2D eigenvalue weighted by Gasteiger charge is -1.91. The molecule has 1 nitrogen and oxygen atoms in total. The van der Waals surface area contributed by atoms with E-state index in [0.29, 0.717) is 5.75 Å². The Kier molecular flexibility index (Phi) is 1.52. The summed E-state index contributed by atoms with van der Waals surface area (Å²) in [7, 11) is 6.44. The maximum atomic E-state index is 6.44. The molecular weight excluding hydrogens is 100 g/mol. The van der Waals surface area contributed by atoms with Crippen molar-refractivity contribution in [3.8, 4) is 5.75 Å². The van der Waals surface area contributed by atoms with Gasteiger partial charge in [0.1, 0.15) is 5.75 Å². The highest BCUT2D eigenvalue weighted by Crippen LogP contribution is 2.06. The molecule has 3 radical (unpaired) electrons. The first-order chi connectivity index (χ1) is 3.93. The van der Waals surface area contributed by atoms with Gasteiger partial charge >= 0.3 is 0 Å². The Hall–Kier alpha value is -0.980. The second kappa shape index (κ2) is 2.36. The van der Waals surface area contributed by atoms with Crippen molar-refractivity contribution in [3.05, 3.63) is 37.4 Å². The van der Waals surface area contributed by atoms with Gasteiger partial charge in [-0.05, 0) is 12.1 Å². The number of hydrogen-bond donors (Lipinski definition) is 0. The first-order valence-electron chi connectivity index (χ1n) is 2.32. The molecule has 1 aromatic rings. The van der Waals surface area contributed by atoms with Gasteiger partial charge < -0.3 is 4.74 Å². The molecule has 0 spiro atoms. The van der Waals surface area contributed by atoms with Gasteiger partial charge in [-0.1, -0.05) is 18.2 Å². The minimum Gasteiger partial charge on any atom is -0.473 e. The minimum atomic E-state index is 0.576. The van der Waals surface area contributed by atoms with Crippen LogP contribution in [0.3, 0.4) is 0 Å². The van der Waals surface area contributed by atoms with Crippen molar-refractivity contribution in [2.75, 3.05) is 0 Å². The van der Waals surface area contributed by atoms with Gasteiger partial charge in [-0.15, -0.1) is 0 Å². The van der Waals surface area contributed by atoms with Gasteiger partial charge in [0.25, 0.3) is 7.11 Å². The first-order valence-corrected chi connectivity index (χ1v) is 2.32. The smallest absolute Gasteiger partial charge is 0.253 e. The monoisotopic (exact) mass is 105 g/mol. The van der Waals surface area contributed by atoms with Gasteiger partial charge in [0.05, 0.1) is 0 Å². The standard InChI is InChI=1S/C7H5O/c1-8-7-5-3-2-4-6-7/h2-6H. The van der Waals surface area contributed by atoms with Crippen LogP contribution in [-0.2, 0) is 0 Å². The van der Waals surface area contributed by atoms with E-state index in [1.165, 1.54) is 0 Å². The van der Waals surface area contributed by atoms with Gasteiger partial charge in [-0.3, -0.25) is 0 Å². The van der Waals surface area contributed by atoms with Gasteiger partial charge in [-0.2, -0.15) is 0 Å². The molecule has 0 N–H and O–H groups in total. The quantitative estimate of drug-likeness (QED) is 0.527. The maximum Gasteiger partial charge on any atom is 0.253 e. The average Bonchev–Trinajstić information content (AvgIpc) is 1.90. The number of para-hydroxylation sites is 1. The normalized spacial score (nSPS) is 8.62. The van der Waals surface area contributed by atoms with Crippen molar-refractivity contribution < 1.29 is 4.74 Å². The molecule has 0 saturated heterocycles. The molecule has 0 heterocycles. The zero-order valence-electron chi connectivity index (χ0n) is 4.29. The Labute approximate surface area is 48.9 Å². The molecule has 0 saturated carbocycles. The Morgan fingerprint density at radius 2 is 1.75 bits per heavy atom. The summed E-state index contributed by atoms with van der Waals surface area (Å²) in [6.07, 6.45) is 0. The van der Waals surface area contributed by atoms with Crippen LogP contribution in [0.4, 0.5) is 0 Å². The molecule has 0 bridgehead atoms. The second-order valence-corrected chi connectivity index (χ2v) is 1.42. The predicted octanol–water partition coefficient (Wildman–Crippen LogP) is 1.61. The van der Waals surface area contributed by atoms with E-state index in [4.69, 9.17) is 7.11 Å².